The molecule has 6 heteroatoms. The van der Waals surface area contributed by atoms with E-state index >= 15 is 0 Å². The second-order valence-corrected chi connectivity index (χ2v) is 3.79. The van der Waals surface area contributed by atoms with E-state index in [0.717, 1.165) is 6.20 Å². The Labute approximate surface area is 85.7 Å². The van der Waals surface area contributed by atoms with Crippen LogP contribution in [0.5, 0.6) is 5.75 Å². The summed E-state index contributed by atoms with van der Waals surface area (Å²) in [6.45, 7) is 0. The molecule has 0 bridgehead atoms. The van der Waals surface area contributed by atoms with Gasteiger partial charge in [0.25, 0.3) is 0 Å². The molecule has 15 heavy (non-hydrogen) atoms. The molecule has 0 spiro atoms. The van der Waals surface area contributed by atoms with Crippen LogP contribution in [0.15, 0.2) is 36.5 Å². The van der Waals surface area contributed by atoms with Crippen LogP contribution in [0.25, 0.3) is 10.9 Å². The zero-order chi connectivity index (χ0) is 10.9. The average molecular weight is 227 g/mol. The Balaban J connectivity index is 2.48. The number of halogens is 1. The van der Waals surface area contributed by atoms with Gasteiger partial charge in [-0.1, -0.05) is 22.1 Å². The number of benzene rings is 1. The maximum atomic E-state index is 12.2. The molecule has 0 N–H and O–H groups in total. The van der Waals surface area contributed by atoms with E-state index in [1.165, 1.54) is 6.07 Å². The Bertz CT molecular complexity index is 597. The van der Waals surface area contributed by atoms with Crippen molar-refractivity contribution in [2.75, 3.05) is 0 Å². The van der Waals surface area contributed by atoms with Gasteiger partial charge in [0.15, 0.2) is 5.75 Å². The molecule has 4 nitrogen and oxygen atoms in total. The van der Waals surface area contributed by atoms with Crippen molar-refractivity contribution in [2.45, 2.75) is 0 Å². The van der Waals surface area contributed by atoms with E-state index in [0.29, 0.717) is 10.9 Å². The smallest absolute Gasteiger partial charge is 0.357 e. The fourth-order valence-corrected chi connectivity index (χ4v) is 1.53. The van der Waals surface area contributed by atoms with Crippen molar-refractivity contribution in [1.29, 1.82) is 0 Å². The number of nitrogens with zero attached hydrogens (tertiary/aromatic N) is 1. The maximum Gasteiger partial charge on any atom is 0.488 e. The largest absolute Gasteiger partial charge is 0.488 e. The van der Waals surface area contributed by atoms with Gasteiger partial charge in [0.05, 0.1) is 11.7 Å². The summed E-state index contributed by atoms with van der Waals surface area (Å²) in [6, 6.07) is 8.43. The topological polar surface area (TPSA) is 56.3 Å². The molecule has 1 aromatic heterocycles. The molecule has 0 aliphatic carbocycles. The van der Waals surface area contributed by atoms with Gasteiger partial charge >= 0.3 is 10.5 Å². The van der Waals surface area contributed by atoms with Crippen molar-refractivity contribution in [3.63, 3.8) is 0 Å². The predicted molar refractivity (Wildman–Crippen MR) is 52.4 cm³/mol. The SMILES string of the molecule is O=S(=O)(F)Oc1cnc2ccccc2c1. The summed E-state index contributed by atoms with van der Waals surface area (Å²) in [5.41, 5.74) is 0.682. The summed E-state index contributed by atoms with van der Waals surface area (Å²) in [7, 11) is -4.99. The van der Waals surface area contributed by atoms with Gasteiger partial charge in [-0.15, -0.1) is 0 Å². The first kappa shape index (κ1) is 9.85. The second-order valence-electron chi connectivity index (χ2n) is 2.84. The predicted octanol–water partition coefficient (Wildman–Crippen LogP) is 1.83. The first-order chi connectivity index (χ1) is 7.04. The summed E-state index contributed by atoms with van der Waals surface area (Å²) in [4.78, 5) is 3.91. The van der Waals surface area contributed by atoms with Crippen molar-refractivity contribution in [3.8, 4) is 5.75 Å². The molecule has 0 aliphatic heterocycles. The van der Waals surface area contributed by atoms with Gasteiger partial charge in [0.1, 0.15) is 0 Å². The molecule has 2 aromatic rings. The van der Waals surface area contributed by atoms with Gasteiger partial charge in [-0.3, -0.25) is 4.98 Å². The van der Waals surface area contributed by atoms with Crippen LogP contribution in [-0.2, 0) is 10.5 Å². The maximum absolute atomic E-state index is 12.2. The van der Waals surface area contributed by atoms with Crippen molar-refractivity contribution in [2.24, 2.45) is 0 Å². The molecular weight excluding hydrogens is 221 g/mol. The molecule has 78 valence electrons. The van der Waals surface area contributed by atoms with Crippen LogP contribution >= 0.6 is 0 Å². The Kier molecular flexibility index (Phi) is 2.28. The van der Waals surface area contributed by atoms with E-state index in [2.05, 4.69) is 9.17 Å². The van der Waals surface area contributed by atoms with Gasteiger partial charge < -0.3 is 4.18 Å². The molecule has 0 saturated heterocycles. The lowest BCUT2D eigenvalue weighted by molar-refractivity contribution is 0.439. The number of hydrogen-bond acceptors (Lipinski definition) is 4. The van der Waals surface area contributed by atoms with Gasteiger partial charge in [0.2, 0.25) is 0 Å². The molecule has 1 aromatic carbocycles. The molecule has 0 atom stereocenters. The average Bonchev–Trinajstić information content (AvgIpc) is 2.15. The van der Waals surface area contributed by atoms with Gasteiger partial charge in [0, 0.05) is 5.39 Å². The zero-order valence-electron chi connectivity index (χ0n) is 7.42. The quantitative estimate of drug-likeness (QED) is 0.734. The van der Waals surface area contributed by atoms with Gasteiger partial charge in [-0.05, 0) is 12.1 Å². The normalized spacial score (nSPS) is 11.5. The first-order valence-electron chi connectivity index (χ1n) is 4.03. The van der Waals surface area contributed by atoms with E-state index in [9.17, 15) is 12.3 Å². The van der Waals surface area contributed by atoms with Crippen LogP contribution < -0.4 is 4.18 Å². The Morgan fingerprint density at radius 1 is 1.27 bits per heavy atom. The van der Waals surface area contributed by atoms with Crippen molar-refractivity contribution in [3.05, 3.63) is 36.5 Å². The summed E-state index contributed by atoms with van der Waals surface area (Å²) < 4.78 is 36.7. The van der Waals surface area contributed by atoms with Crippen molar-refractivity contribution < 1.29 is 16.5 Å². The van der Waals surface area contributed by atoms with Crippen LogP contribution in [0.2, 0.25) is 0 Å². The van der Waals surface area contributed by atoms with E-state index in [1.54, 1.807) is 24.3 Å². The van der Waals surface area contributed by atoms with Gasteiger partial charge in [-0.25, -0.2) is 0 Å². The summed E-state index contributed by atoms with van der Waals surface area (Å²) in [5, 5.41) is 0.679. The standard InChI is InChI=1S/C9H6FNO3S/c10-15(12,13)14-8-5-7-3-1-2-4-9(7)11-6-8/h1-6H. The zero-order valence-corrected chi connectivity index (χ0v) is 8.24. The number of rotatable bonds is 2. The highest BCUT2D eigenvalue weighted by atomic mass is 32.3. The fraction of sp³-hybridized carbons (Fsp3) is 0. The van der Waals surface area contributed by atoms with Gasteiger partial charge in [-0.2, -0.15) is 8.42 Å². The van der Waals surface area contributed by atoms with E-state index in [4.69, 9.17) is 0 Å². The first-order valence-corrected chi connectivity index (χ1v) is 5.34. The molecular formula is C9H6FNO3S. The third-order valence-electron chi connectivity index (χ3n) is 1.76. The molecule has 0 fully saturated rings. The number of para-hydroxylation sites is 1. The molecule has 1 heterocycles. The van der Waals surface area contributed by atoms with Crippen LogP contribution in [0.4, 0.5) is 3.89 Å². The minimum absolute atomic E-state index is 0.142. The summed E-state index contributed by atoms with van der Waals surface area (Å²) >= 11 is 0. The Morgan fingerprint density at radius 3 is 2.73 bits per heavy atom. The monoisotopic (exact) mass is 227 g/mol. The second kappa shape index (κ2) is 3.47. The molecule has 0 unspecified atom stereocenters. The summed E-state index contributed by atoms with van der Waals surface area (Å²) in [6.07, 6.45) is 1.15. The Morgan fingerprint density at radius 2 is 2.00 bits per heavy atom. The minimum Gasteiger partial charge on any atom is -0.357 e. The van der Waals surface area contributed by atoms with Crippen LogP contribution in [-0.4, -0.2) is 13.4 Å². The highest BCUT2D eigenvalue weighted by Gasteiger charge is 2.09. The van der Waals surface area contributed by atoms with Crippen LogP contribution in [0.1, 0.15) is 0 Å². The molecule has 0 amide bonds. The number of aromatic nitrogens is 1. The molecule has 0 saturated carbocycles. The number of pyridine rings is 1. The third kappa shape index (κ3) is 2.41. The van der Waals surface area contributed by atoms with Crippen LogP contribution in [0, 0.1) is 0 Å². The van der Waals surface area contributed by atoms with E-state index in [-0.39, 0.29) is 5.75 Å². The van der Waals surface area contributed by atoms with Crippen LogP contribution in [0.3, 0.4) is 0 Å². The fourth-order valence-electron chi connectivity index (χ4n) is 1.21. The summed E-state index contributed by atoms with van der Waals surface area (Å²) in [5.74, 6) is -0.142. The van der Waals surface area contributed by atoms with Crippen molar-refractivity contribution in [1.82, 2.24) is 4.98 Å². The molecule has 0 radical (unpaired) electrons. The van der Waals surface area contributed by atoms with Crippen molar-refractivity contribution >= 4 is 21.4 Å². The minimum atomic E-state index is -4.99. The lowest BCUT2D eigenvalue weighted by atomic mass is 10.2. The lowest BCUT2D eigenvalue weighted by Gasteiger charge is -2.00. The van der Waals surface area contributed by atoms with E-state index in [1.807, 2.05) is 0 Å². The molecule has 2 rings (SSSR count). The third-order valence-corrected chi connectivity index (χ3v) is 2.15. The highest BCUT2D eigenvalue weighted by Crippen LogP contribution is 2.19. The lowest BCUT2D eigenvalue weighted by Crippen LogP contribution is -2.01. The Hall–Kier alpha value is -1.69. The number of fused-ring (bicyclic) bond motifs is 1. The highest BCUT2D eigenvalue weighted by molar-refractivity contribution is 7.81. The molecule has 0 aliphatic rings. The number of hydrogen-bond donors (Lipinski definition) is 0. The van der Waals surface area contributed by atoms with E-state index < -0.39 is 10.5 Å².